The first-order valence-electron chi connectivity index (χ1n) is 6.48. The summed E-state index contributed by atoms with van der Waals surface area (Å²) in [7, 11) is 0. The van der Waals surface area contributed by atoms with E-state index < -0.39 is 23.6 Å². The molecule has 2 rings (SSSR count). The Bertz CT molecular complexity index is 618. The van der Waals surface area contributed by atoms with Gasteiger partial charge in [0, 0.05) is 0 Å². The van der Waals surface area contributed by atoms with E-state index >= 15 is 0 Å². The zero-order chi connectivity index (χ0) is 15.6. The van der Waals surface area contributed by atoms with Gasteiger partial charge in [-0.15, -0.1) is 0 Å². The highest BCUT2D eigenvalue weighted by atomic mass is 19.4. The Kier molecular flexibility index (Phi) is 4.37. The predicted octanol–water partition coefficient (Wildman–Crippen LogP) is 4.44. The molecule has 114 valence electrons. The van der Waals surface area contributed by atoms with Crippen molar-refractivity contribution >= 4 is 0 Å². The number of hydrogen-bond acceptors (Lipinski definition) is 2. The highest BCUT2D eigenvalue weighted by molar-refractivity contribution is 5.35. The van der Waals surface area contributed by atoms with Crippen molar-refractivity contribution in [3.63, 3.8) is 0 Å². The van der Waals surface area contributed by atoms with Gasteiger partial charge in [0.05, 0.1) is 17.9 Å². The van der Waals surface area contributed by atoms with Crippen molar-refractivity contribution in [1.29, 1.82) is 0 Å². The minimum atomic E-state index is -4.73. The third-order valence-electron chi connectivity index (χ3n) is 3.20. The molecule has 6 heteroatoms. The predicted molar refractivity (Wildman–Crippen MR) is 70.4 cm³/mol. The number of aryl methyl sites for hydroxylation is 1. The van der Waals surface area contributed by atoms with Gasteiger partial charge in [0.15, 0.2) is 0 Å². The quantitative estimate of drug-likeness (QED) is 0.844. The molecule has 1 unspecified atom stereocenters. The third kappa shape index (κ3) is 3.26. The van der Waals surface area contributed by atoms with Crippen LogP contribution in [0.4, 0.5) is 17.6 Å². The van der Waals surface area contributed by atoms with Crippen LogP contribution in [0.1, 0.15) is 35.4 Å². The molecule has 0 fully saturated rings. The first kappa shape index (κ1) is 15.6. The van der Waals surface area contributed by atoms with Crippen molar-refractivity contribution in [3.05, 3.63) is 58.8 Å². The van der Waals surface area contributed by atoms with Gasteiger partial charge in [-0.1, -0.05) is 13.0 Å². The second-order valence-corrected chi connectivity index (χ2v) is 4.70. The summed E-state index contributed by atoms with van der Waals surface area (Å²) in [5.74, 6) is -0.755. The minimum absolute atomic E-state index is 0.309. The van der Waals surface area contributed by atoms with Gasteiger partial charge in [-0.2, -0.15) is 13.2 Å². The maximum atomic E-state index is 13.4. The molecule has 1 aromatic carbocycles. The Morgan fingerprint density at radius 3 is 2.48 bits per heavy atom. The van der Waals surface area contributed by atoms with E-state index in [4.69, 9.17) is 4.42 Å². The summed E-state index contributed by atoms with van der Waals surface area (Å²) in [6.07, 6.45) is -3.25. The number of nitrogens with one attached hydrogen (secondary N) is 1. The largest absolute Gasteiger partial charge is 0.467 e. The lowest BCUT2D eigenvalue weighted by atomic mass is 9.99. The highest BCUT2D eigenvalue weighted by Gasteiger charge is 2.35. The van der Waals surface area contributed by atoms with Crippen LogP contribution in [-0.4, -0.2) is 6.54 Å². The highest BCUT2D eigenvalue weighted by Crippen LogP contribution is 2.34. The zero-order valence-electron chi connectivity index (χ0n) is 11.6. The van der Waals surface area contributed by atoms with Crippen LogP contribution >= 0.6 is 0 Å². The second-order valence-electron chi connectivity index (χ2n) is 4.70. The lowest BCUT2D eigenvalue weighted by Gasteiger charge is -2.19. The third-order valence-corrected chi connectivity index (χ3v) is 3.20. The molecule has 0 saturated carbocycles. The lowest BCUT2D eigenvalue weighted by Crippen LogP contribution is -2.23. The zero-order valence-corrected chi connectivity index (χ0v) is 11.6. The smallest absolute Gasteiger partial charge is 0.419 e. The molecule has 0 aliphatic carbocycles. The maximum absolute atomic E-state index is 13.4. The van der Waals surface area contributed by atoms with Crippen LogP contribution in [0.15, 0.2) is 34.9 Å². The van der Waals surface area contributed by atoms with Crippen LogP contribution in [0.5, 0.6) is 0 Å². The molecule has 1 N–H and O–H groups in total. The molecule has 0 spiro atoms. The van der Waals surface area contributed by atoms with Crippen molar-refractivity contribution < 1.29 is 22.0 Å². The number of furan rings is 1. The van der Waals surface area contributed by atoms with Gasteiger partial charge in [0.2, 0.25) is 0 Å². The van der Waals surface area contributed by atoms with Crippen molar-refractivity contribution in [2.75, 3.05) is 6.54 Å². The summed E-state index contributed by atoms with van der Waals surface area (Å²) in [6.45, 7) is 4.17. The molecule has 0 saturated heterocycles. The van der Waals surface area contributed by atoms with Crippen LogP contribution in [0.2, 0.25) is 0 Å². The average Bonchev–Trinajstić information content (AvgIpc) is 2.82. The summed E-state index contributed by atoms with van der Waals surface area (Å²) < 4.78 is 57.2. The van der Waals surface area contributed by atoms with Gasteiger partial charge in [0.25, 0.3) is 0 Å². The lowest BCUT2D eigenvalue weighted by molar-refractivity contribution is -0.140. The SMILES string of the molecule is CCNC(c1ccc(F)c(C(F)(F)F)c1)c1occc1C. The topological polar surface area (TPSA) is 25.2 Å². The van der Waals surface area contributed by atoms with E-state index in [1.807, 2.05) is 6.92 Å². The van der Waals surface area contributed by atoms with E-state index in [0.717, 1.165) is 17.7 Å². The molecule has 1 atom stereocenters. The molecule has 0 radical (unpaired) electrons. The van der Waals surface area contributed by atoms with Gasteiger partial charge in [0.1, 0.15) is 11.6 Å². The van der Waals surface area contributed by atoms with Crippen molar-refractivity contribution in [3.8, 4) is 0 Å². The van der Waals surface area contributed by atoms with Gasteiger partial charge in [-0.05, 0) is 42.8 Å². The van der Waals surface area contributed by atoms with E-state index in [9.17, 15) is 17.6 Å². The Morgan fingerprint density at radius 2 is 1.95 bits per heavy atom. The Hall–Kier alpha value is -1.82. The van der Waals surface area contributed by atoms with E-state index in [-0.39, 0.29) is 0 Å². The number of halogens is 4. The Morgan fingerprint density at radius 1 is 1.24 bits per heavy atom. The van der Waals surface area contributed by atoms with Crippen LogP contribution in [0.3, 0.4) is 0 Å². The normalized spacial score (nSPS) is 13.4. The number of alkyl halides is 3. The summed E-state index contributed by atoms with van der Waals surface area (Å²) in [5, 5.41) is 3.06. The summed E-state index contributed by atoms with van der Waals surface area (Å²) >= 11 is 0. The van der Waals surface area contributed by atoms with Crippen LogP contribution in [0.25, 0.3) is 0 Å². The molecule has 1 aromatic heterocycles. The fourth-order valence-electron chi connectivity index (χ4n) is 2.19. The molecule has 0 aliphatic rings. The fourth-order valence-corrected chi connectivity index (χ4v) is 2.19. The molecule has 2 nitrogen and oxygen atoms in total. The van der Waals surface area contributed by atoms with E-state index in [1.54, 1.807) is 13.0 Å². The minimum Gasteiger partial charge on any atom is -0.467 e. The van der Waals surface area contributed by atoms with Gasteiger partial charge >= 0.3 is 6.18 Å². The fraction of sp³-hybridized carbons (Fsp3) is 0.333. The monoisotopic (exact) mass is 301 g/mol. The number of benzene rings is 1. The standard InChI is InChI=1S/C15H15F4NO/c1-3-20-13(14-9(2)6-7-21-14)10-4-5-12(16)11(8-10)15(17,18)19/h4-8,13,20H,3H2,1-2H3. The van der Waals surface area contributed by atoms with Crippen molar-refractivity contribution in [1.82, 2.24) is 5.32 Å². The first-order valence-corrected chi connectivity index (χ1v) is 6.48. The van der Waals surface area contributed by atoms with Crippen LogP contribution in [-0.2, 0) is 6.18 Å². The summed E-state index contributed by atoms with van der Waals surface area (Å²) in [6, 6.07) is 4.17. The van der Waals surface area contributed by atoms with Gasteiger partial charge in [-0.25, -0.2) is 4.39 Å². The van der Waals surface area contributed by atoms with E-state index in [2.05, 4.69) is 5.32 Å². The van der Waals surface area contributed by atoms with Crippen LogP contribution < -0.4 is 5.32 Å². The molecular formula is C15H15F4NO. The average molecular weight is 301 g/mol. The first-order chi connectivity index (χ1) is 9.84. The summed E-state index contributed by atoms with van der Waals surface area (Å²) in [4.78, 5) is 0. The Balaban J connectivity index is 2.49. The van der Waals surface area contributed by atoms with Gasteiger partial charge < -0.3 is 9.73 Å². The van der Waals surface area contributed by atoms with Crippen molar-refractivity contribution in [2.45, 2.75) is 26.1 Å². The van der Waals surface area contributed by atoms with Gasteiger partial charge in [-0.3, -0.25) is 0 Å². The second kappa shape index (κ2) is 5.89. The van der Waals surface area contributed by atoms with E-state index in [1.165, 1.54) is 12.3 Å². The molecule has 1 heterocycles. The molecule has 2 aromatic rings. The summed E-state index contributed by atoms with van der Waals surface area (Å²) in [5.41, 5.74) is -0.144. The van der Waals surface area contributed by atoms with Crippen molar-refractivity contribution in [2.24, 2.45) is 0 Å². The van der Waals surface area contributed by atoms with Crippen LogP contribution in [0, 0.1) is 12.7 Å². The number of rotatable bonds is 4. The Labute approximate surface area is 119 Å². The molecular weight excluding hydrogens is 286 g/mol. The molecule has 0 amide bonds. The maximum Gasteiger partial charge on any atom is 0.419 e. The molecule has 21 heavy (non-hydrogen) atoms. The molecule has 0 aliphatic heterocycles. The number of hydrogen-bond donors (Lipinski definition) is 1. The van der Waals surface area contributed by atoms with E-state index in [0.29, 0.717) is 17.9 Å². The molecule has 0 bridgehead atoms.